The molecule has 0 radical (unpaired) electrons. The molecule has 1 aromatic heterocycles. The largest absolute Gasteiger partial charge is 0.184 e. The molecule has 0 spiro atoms. The Kier molecular flexibility index (Phi) is 1.25. The molecule has 0 aromatic carbocycles. The third-order valence-corrected chi connectivity index (χ3v) is 1.48. The minimum absolute atomic E-state index is 0.725. The molecular formula is C3H4ClN2S+. The first-order chi connectivity index (χ1) is 3.29. The summed E-state index contributed by atoms with van der Waals surface area (Å²) in [5.74, 6) is 0. The van der Waals surface area contributed by atoms with Gasteiger partial charge >= 0.3 is 0 Å². The highest BCUT2D eigenvalue weighted by atomic mass is 35.5. The van der Waals surface area contributed by atoms with Gasteiger partial charge in [0.15, 0.2) is 22.9 Å². The standard InChI is InChI=1S/C3H4ClN2S/c1-6-5-2-3(4)7-6/h2H,1H3/q+1. The first kappa shape index (κ1) is 5.00. The predicted molar refractivity (Wildman–Crippen MR) is 28.3 cm³/mol. The number of rotatable bonds is 0. The number of hydrogen-bond donors (Lipinski definition) is 0. The van der Waals surface area contributed by atoms with Gasteiger partial charge in [-0.15, -0.1) is 0 Å². The second kappa shape index (κ2) is 1.76. The fourth-order valence-electron chi connectivity index (χ4n) is 0.300. The lowest BCUT2D eigenvalue weighted by Gasteiger charge is -1.58. The van der Waals surface area contributed by atoms with E-state index in [0.29, 0.717) is 0 Å². The maximum absolute atomic E-state index is 5.50. The van der Waals surface area contributed by atoms with Crippen LogP contribution < -0.4 is 4.07 Å². The second-order valence-corrected chi connectivity index (χ2v) is 2.89. The van der Waals surface area contributed by atoms with Gasteiger partial charge in [-0.2, -0.15) is 0 Å². The molecule has 0 aliphatic carbocycles. The van der Waals surface area contributed by atoms with Crippen molar-refractivity contribution in [1.82, 2.24) is 5.10 Å². The molecule has 1 rings (SSSR count). The lowest BCUT2D eigenvalue weighted by Crippen LogP contribution is -2.24. The monoisotopic (exact) mass is 135 g/mol. The van der Waals surface area contributed by atoms with Gasteiger partial charge in [0.1, 0.15) is 6.20 Å². The van der Waals surface area contributed by atoms with Crippen molar-refractivity contribution < 1.29 is 4.07 Å². The second-order valence-electron chi connectivity index (χ2n) is 1.10. The Labute approximate surface area is 50.5 Å². The Hall–Kier alpha value is -0.150. The van der Waals surface area contributed by atoms with Gasteiger partial charge in [-0.05, 0) is 4.07 Å². The van der Waals surface area contributed by atoms with E-state index in [1.165, 1.54) is 11.5 Å². The van der Waals surface area contributed by atoms with Gasteiger partial charge in [0.25, 0.3) is 0 Å². The summed E-state index contributed by atoms with van der Waals surface area (Å²) in [6.45, 7) is 0. The van der Waals surface area contributed by atoms with E-state index in [2.05, 4.69) is 5.10 Å². The smallest absolute Gasteiger partial charge is 0.0642 e. The molecule has 0 fully saturated rings. The SMILES string of the molecule is C[n+]1ncc(Cl)s1. The van der Waals surface area contributed by atoms with Crippen LogP contribution in [0.15, 0.2) is 6.20 Å². The van der Waals surface area contributed by atoms with E-state index in [9.17, 15) is 0 Å². The number of hydrogen-bond acceptors (Lipinski definition) is 2. The van der Waals surface area contributed by atoms with Crippen LogP contribution in [0.25, 0.3) is 0 Å². The first-order valence-corrected chi connectivity index (χ1v) is 2.92. The fraction of sp³-hybridized carbons (Fsp3) is 0.333. The van der Waals surface area contributed by atoms with Crippen LogP contribution >= 0.6 is 23.1 Å². The lowest BCUT2D eigenvalue weighted by atomic mass is 11.0. The van der Waals surface area contributed by atoms with Gasteiger partial charge in [-0.1, -0.05) is 11.6 Å². The highest BCUT2D eigenvalue weighted by molar-refractivity contribution is 7.06. The van der Waals surface area contributed by atoms with Gasteiger partial charge in [0.05, 0.1) is 0 Å². The van der Waals surface area contributed by atoms with Crippen molar-refractivity contribution in [2.45, 2.75) is 0 Å². The normalized spacial score (nSPS) is 9.43. The summed E-state index contributed by atoms with van der Waals surface area (Å²) in [5.41, 5.74) is 0. The molecule has 38 valence electrons. The van der Waals surface area contributed by atoms with Crippen molar-refractivity contribution in [3.05, 3.63) is 10.5 Å². The van der Waals surface area contributed by atoms with Gasteiger partial charge in [0.2, 0.25) is 0 Å². The summed E-state index contributed by atoms with van der Waals surface area (Å²) in [7, 11) is 1.84. The Morgan fingerprint density at radius 1 is 2.00 bits per heavy atom. The van der Waals surface area contributed by atoms with E-state index in [-0.39, 0.29) is 0 Å². The number of nitrogens with zero attached hydrogens (tertiary/aromatic N) is 2. The Bertz CT molecular complexity index is 145. The van der Waals surface area contributed by atoms with Crippen LogP contribution in [0.3, 0.4) is 0 Å². The van der Waals surface area contributed by atoms with Crippen molar-refractivity contribution in [2.75, 3.05) is 0 Å². The third-order valence-electron chi connectivity index (χ3n) is 0.541. The summed E-state index contributed by atoms with van der Waals surface area (Å²) in [6.07, 6.45) is 1.62. The van der Waals surface area contributed by atoms with E-state index in [1.807, 2.05) is 7.05 Å². The zero-order valence-corrected chi connectivity index (χ0v) is 5.33. The van der Waals surface area contributed by atoms with E-state index >= 15 is 0 Å². The van der Waals surface area contributed by atoms with Crippen LogP contribution in [0.1, 0.15) is 0 Å². The molecular weight excluding hydrogens is 132 g/mol. The third kappa shape index (κ3) is 1.11. The molecule has 0 saturated carbocycles. The van der Waals surface area contributed by atoms with E-state index in [1.54, 1.807) is 10.3 Å². The van der Waals surface area contributed by atoms with Crippen LogP contribution in [-0.4, -0.2) is 5.10 Å². The van der Waals surface area contributed by atoms with Gasteiger partial charge < -0.3 is 0 Å². The molecule has 0 saturated heterocycles. The van der Waals surface area contributed by atoms with Crippen LogP contribution in [-0.2, 0) is 7.05 Å². The number of halogens is 1. The zero-order chi connectivity index (χ0) is 5.28. The predicted octanol–water partition coefficient (Wildman–Crippen LogP) is 0.621. The average molecular weight is 136 g/mol. The summed E-state index contributed by atoms with van der Waals surface area (Å²) >= 11 is 6.91. The van der Waals surface area contributed by atoms with E-state index in [4.69, 9.17) is 11.6 Å². The summed E-state index contributed by atoms with van der Waals surface area (Å²) in [4.78, 5) is 0. The Balaban J connectivity index is 3.04. The summed E-state index contributed by atoms with van der Waals surface area (Å²) in [5, 5.41) is 3.82. The van der Waals surface area contributed by atoms with Gasteiger partial charge in [-0.25, -0.2) is 0 Å². The van der Waals surface area contributed by atoms with E-state index < -0.39 is 0 Å². The van der Waals surface area contributed by atoms with Gasteiger partial charge in [-0.3, -0.25) is 0 Å². The van der Waals surface area contributed by atoms with Crippen LogP contribution in [0.5, 0.6) is 0 Å². The zero-order valence-electron chi connectivity index (χ0n) is 3.76. The molecule has 0 N–H and O–H groups in total. The highest BCUT2D eigenvalue weighted by Crippen LogP contribution is 2.05. The Morgan fingerprint density at radius 2 is 2.71 bits per heavy atom. The summed E-state index contributed by atoms with van der Waals surface area (Å²) in [6, 6.07) is 0. The topological polar surface area (TPSA) is 16.8 Å². The van der Waals surface area contributed by atoms with Crippen molar-refractivity contribution >= 4 is 23.1 Å². The molecule has 1 aromatic rings. The van der Waals surface area contributed by atoms with Gasteiger partial charge in [0, 0.05) is 5.10 Å². The summed E-state index contributed by atoms with van der Waals surface area (Å²) < 4.78 is 2.42. The van der Waals surface area contributed by atoms with Crippen LogP contribution in [0, 0.1) is 0 Å². The van der Waals surface area contributed by atoms with Crippen LogP contribution in [0.4, 0.5) is 0 Å². The molecule has 4 heteroatoms. The first-order valence-electron chi connectivity index (χ1n) is 1.77. The van der Waals surface area contributed by atoms with E-state index in [0.717, 1.165) is 4.34 Å². The molecule has 1 heterocycles. The molecule has 0 atom stereocenters. The molecule has 0 bridgehead atoms. The molecule has 0 amide bonds. The molecule has 0 aliphatic heterocycles. The van der Waals surface area contributed by atoms with Crippen molar-refractivity contribution in [3.63, 3.8) is 0 Å². The average Bonchev–Trinajstić information content (AvgIpc) is 1.87. The molecule has 0 aliphatic rings. The van der Waals surface area contributed by atoms with Crippen molar-refractivity contribution in [2.24, 2.45) is 7.05 Å². The molecule has 7 heavy (non-hydrogen) atoms. The van der Waals surface area contributed by atoms with Crippen molar-refractivity contribution in [3.8, 4) is 0 Å². The molecule has 2 nitrogen and oxygen atoms in total. The quantitative estimate of drug-likeness (QED) is 0.477. The minimum atomic E-state index is 0.725. The maximum Gasteiger partial charge on any atom is 0.184 e. The maximum atomic E-state index is 5.50. The fourth-order valence-corrected chi connectivity index (χ4v) is 1.08. The Morgan fingerprint density at radius 3 is 2.86 bits per heavy atom. The number of aryl methyl sites for hydroxylation is 1. The van der Waals surface area contributed by atoms with Crippen molar-refractivity contribution in [1.29, 1.82) is 0 Å². The lowest BCUT2D eigenvalue weighted by molar-refractivity contribution is -0.663. The van der Waals surface area contributed by atoms with Crippen LogP contribution in [0.2, 0.25) is 4.34 Å². The number of aromatic nitrogens is 2. The highest BCUT2D eigenvalue weighted by Gasteiger charge is 1.97. The minimum Gasteiger partial charge on any atom is -0.0642 e. The molecule has 0 unspecified atom stereocenters.